The minimum Gasteiger partial charge on any atom is -0.384 e. The average Bonchev–Trinajstić information content (AvgIpc) is 2.88. The van der Waals surface area contributed by atoms with Crippen molar-refractivity contribution in [2.75, 3.05) is 11.5 Å². The molecule has 0 amide bonds. The van der Waals surface area contributed by atoms with Gasteiger partial charge in [0.15, 0.2) is 0 Å². The predicted molar refractivity (Wildman–Crippen MR) is 135 cm³/mol. The van der Waals surface area contributed by atoms with Gasteiger partial charge in [-0.05, 0) is 84.6 Å². The van der Waals surface area contributed by atoms with Crippen molar-refractivity contribution in [1.82, 2.24) is 0 Å². The summed E-state index contributed by atoms with van der Waals surface area (Å²) in [6.45, 7) is -0.180. The van der Waals surface area contributed by atoms with Crippen LogP contribution in [-0.4, -0.2) is 11.7 Å². The Morgan fingerprint density at radius 2 is 0.909 bits per heavy atom. The van der Waals surface area contributed by atoms with Crippen LogP contribution in [0.4, 0.5) is 17.1 Å². The fourth-order valence-corrected chi connectivity index (χ4v) is 3.26. The van der Waals surface area contributed by atoms with E-state index in [1.165, 1.54) is 0 Å². The molecule has 0 saturated heterocycles. The molecule has 0 radical (unpaired) electrons. The molecular formula is C31H21NO. The molecule has 0 aliphatic rings. The van der Waals surface area contributed by atoms with Gasteiger partial charge in [0.2, 0.25) is 0 Å². The van der Waals surface area contributed by atoms with Gasteiger partial charge in [-0.1, -0.05) is 60.1 Å². The van der Waals surface area contributed by atoms with Crippen LogP contribution in [0.25, 0.3) is 0 Å². The first kappa shape index (κ1) is 21.5. The zero-order valence-electron chi connectivity index (χ0n) is 18.0. The molecule has 4 aromatic rings. The molecule has 0 heterocycles. The fraction of sp³-hybridized carbons (Fsp3) is 0.0323. The van der Waals surface area contributed by atoms with Crippen molar-refractivity contribution < 1.29 is 5.11 Å². The van der Waals surface area contributed by atoms with Crippen molar-refractivity contribution in [2.24, 2.45) is 0 Å². The van der Waals surface area contributed by atoms with Crippen LogP contribution in [0.1, 0.15) is 16.7 Å². The van der Waals surface area contributed by atoms with Crippen LogP contribution in [-0.2, 0) is 0 Å². The van der Waals surface area contributed by atoms with Gasteiger partial charge in [-0.15, -0.1) is 0 Å². The Hall–Kier alpha value is -4.68. The van der Waals surface area contributed by atoms with E-state index in [9.17, 15) is 0 Å². The summed E-state index contributed by atoms with van der Waals surface area (Å²) < 4.78 is 0. The van der Waals surface area contributed by atoms with Gasteiger partial charge in [-0.3, -0.25) is 0 Å². The second kappa shape index (κ2) is 11.1. The summed E-state index contributed by atoms with van der Waals surface area (Å²) in [6.07, 6.45) is 0. The molecular weight excluding hydrogens is 402 g/mol. The van der Waals surface area contributed by atoms with Crippen LogP contribution >= 0.6 is 0 Å². The summed E-state index contributed by atoms with van der Waals surface area (Å²) in [5.41, 5.74) is 6.01. The number of benzene rings is 4. The van der Waals surface area contributed by atoms with E-state index in [4.69, 9.17) is 5.11 Å². The number of rotatable bonds is 3. The minimum atomic E-state index is -0.180. The van der Waals surface area contributed by atoms with Gasteiger partial charge in [0, 0.05) is 33.8 Å². The van der Waals surface area contributed by atoms with Crippen molar-refractivity contribution in [3.8, 4) is 35.5 Å². The molecule has 4 aromatic carbocycles. The van der Waals surface area contributed by atoms with Gasteiger partial charge in [-0.25, -0.2) is 0 Å². The summed E-state index contributed by atoms with van der Waals surface area (Å²) in [7, 11) is 0. The highest BCUT2D eigenvalue weighted by molar-refractivity contribution is 5.76. The van der Waals surface area contributed by atoms with Crippen LogP contribution < -0.4 is 4.90 Å². The Labute approximate surface area is 195 Å². The van der Waals surface area contributed by atoms with Crippen LogP contribution in [0, 0.1) is 35.5 Å². The third-order valence-electron chi connectivity index (χ3n) is 4.83. The summed E-state index contributed by atoms with van der Waals surface area (Å²) in [6, 6.07) is 36.6. The highest BCUT2D eigenvalue weighted by Gasteiger charge is 2.11. The molecule has 156 valence electrons. The van der Waals surface area contributed by atoms with E-state index in [-0.39, 0.29) is 6.61 Å². The summed E-state index contributed by atoms with van der Waals surface area (Å²) in [5, 5.41) is 8.64. The zero-order chi connectivity index (χ0) is 22.7. The Kier molecular flexibility index (Phi) is 7.24. The second-order valence-corrected chi connectivity index (χ2v) is 7.09. The van der Waals surface area contributed by atoms with Crippen LogP contribution in [0.15, 0.2) is 109 Å². The lowest BCUT2D eigenvalue weighted by Crippen LogP contribution is -2.09. The van der Waals surface area contributed by atoms with E-state index in [1.807, 2.05) is 72.8 Å². The topological polar surface area (TPSA) is 23.5 Å². The van der Waals surface area contributed by atoms with E-state index in [0.29, 0.717) is 0 Å². The molecule has 0 aliphatic heterocycles. The number of aliphatic hydroxyl groups excluding tert-OH is 1. The number of aliphatic hydroxyl groups is 1. The maximum absolute atomic E-state index is 8.64. The standard InChI is InChI=1S/C31H21NO/c33-25-9-3-4-10-26-15-17-27(18-16-26)19-20-28-21-23-31(24-22-28)32(29-11-5-1-6-12-29)30-13-7-2-8-14-30/h1-2,5-8,11-18,21-24,33H,25H2. The summed E-state index contributed by atoms with van der Waals surface area (Å²) in [5.74, 6) is 17.2. The highest BCUT2D eigenvalue weighted by Crippen LogP contribution is 2.33. The molecule has 0 aliphatic carbocycles. The van der Waals surface area contributed by atoms with Crippen molar-refractivity contribution in [1.29, 1.82) is 0 Å². The number of hydrogen-bond donors (Lipinski definition) is 1. The number of anilines is 3. The molecule has 0 saturated carbocycles. The Morgan fingerprint density at radius 1 is 0.485 bits per heavy atom. The SMILES string of the molecule is OCC#CC#Cc1ccc(C#Cc2ccc(N(c3ccccc3)c3ccccc3)cc2)cc1. The molecule has 1 N–H and O–H groups in total. The van der Waals surface area contributed by atoms with Gasteiger partial charge in [0.05, 0.1) is 0 Å². The third kappa shape index (κ3) is 5.94. The fourth-order valence-electron chi connectivity index (χ4n) is 3.26. The van der Waals surface area contributed by atoms with Gasteiger partial charge in [0.1, 0.15) is 6.61 Å². The van der Waals surface area contributed by atoms with E-state index in [2.05, 4.69) is 76.8 Å². The Bertz CT molecular complexity index is 1330. The molecule has 4 rings (SSSR count). The number of nitrogens with zero attached hydrogens (tertiary/aromatic N) is 1. The third-order valence-corrected chi connectivity index (χ3v) is 4.83. The largest absolute Gasteiger partial charge is 0.384 e. The number of hydrogen-bond acceptors (Lipinski definition) is 2. The molecule has 33 heavy (non-hydrogen) atoms. The molecule has 0 bridgehead atoms. The normalized spacial score (nSPS) is 9.36. The predicted octanol–water partition coefficient (Wildman–Crippen LogP) is 5.90. The maximum atomic E-state index is 8.64. The van der Waals surface area contributed by atoms with E-state index < -0.39 is 0 Å². The lowest BCUT2D eigenvalue weighted by atomic mass is 10.1. The molecule has 0 unspecified atom stereocenters. The molecule has 0 atom stereocenters. The van der Waals surface area contributed by atoms with Crippen molar-refractivity contribution in [3.63, 3.8) is 0 Å². The first-order valence-corrected chi connectivity index (χ1v) is 10.6. The molecule has 2 nitrogen and oxygen atoms in total. The van der Waals surface area contributed by atoms with E-state index in [0.717, 1.165) is 33.8 Å². The zero-order valence-corrected chi connectivity index (χ0v) is 18.0. The lowest BCUT2D eigenvalue weighted by molar-refractivity contribution is 0.350. The maximum Gasteiger partial charge on any atom is 0.105 e. The van der Waals surface area contributed by atoms with Gasteiger partial charge < -0.3 is 10.0 Å². The first-order valence-electron chi connectivity index (χ1n) is 10.6. The van der Waals surface area contributed by atoms with Crippen molar-refractivity contribution in [2.45, 2.75) is 0 Å². The van der Waals surface area contributed by atoms with Crippen molar-refractivity contribution in [3.05, 3.63) is 126 Å². The van der Waals surface area contributed by atoms with E-state index in [1.54, 1.807) is 0 Å². The highest BCUT2D eigenvalue weighted by atomic mass is 16.2. The van der Waals surface area contributed by atoms with Crippen LogP contribution in [0.5, 0.6) is 0 Å². The Morgan fingerprint density at radius 3 is 1.39 bits per heavy atom. The van der Waals surface area contributed by atoms with Crippen LogP contribution in [0.3, 0.4) is 0 Å². The summed E-state index contributed by atoms with van der Waals surface area (Å²) in [4.78, 5) is 2.22. The number of para-hydroxylation sites is 2. The second-order valence-electron chi connectivity index (χ2n) is 7.09. The monoisotopic (exact) mass is 423 g/mol. The molecule has 0 fully saturated rings. The van der Waals surface area contributed by atoms with Gasteiger partial charge in [0.25, 0.3) is 0 Å². The van der Waals surface area contributed by atoms with Gasteiger partial charge in [-0.2, -0.15) is 0 Å². The minimum absolute atomic E-state index is 0.180. The Balaban J connectivity index is 1.53. The first-order chi connectivity index (χ1) is 16.3. The molecule has 0 spiro atoms. The molecule has 2 heteroatoms. The van der Waals surface area contributed by atoms with Crippen molar-refractivity contribution >= 4 is 17.1 Å². The van der Waals surface area contributed by atoms with E-state index >= 15 is 0 Å². The lowest BCUT2D eigenvalue weighted by Gasteiger charge is -2.25. The van der Waals surface area contributed by atoms with Gasteiger partial charge >= 0.3 is 0 Å². The summed E-state index contributed by atoms with van der Waals surface area (Å²) >= 11 is 0. The molecule has 0 aromatic heterocycles. The average molecular weight is 424 g/mol. The smallest absolute Gasteiger partial charge is 0.105 e. The quantitative estimate of drug-likeness (QED) is 0.415. The van der Waals surface area contributed by atoms with Crippen LogP contribution in [0.2, 0.25) is 0 Å².